The molecule has 0 saturated carbocycles. The van der Waals surface area contributed by atoms with Crippen LogP contribution in [-0.4, -0.2) is 27.1 Å². The zero-order valence-corrected chi connectivity index (χ0v) is 11.3. The number of nitrogens with zero attached hydrogens (tertiary/aromatic N) is 1. The van der Waals surface area contributed by atoms with E-state index in [2.05, 4.69) is 0 Å². The Morgan fingerprint density at radius 2 is 1.61 bits per heavy atom. The molecule has 1 aliphatic rings. The van der Waals surface area contributed by atoms with Crippen LogP contribution in [0.3, 0.4) is 0 Å². The average molecular weight is 245 g/mol. The first-order valence-electron chi connectivity index (χ1n) is 6.09. The Labute approximate surface area is 108 Å². The minimum absolute atomic E-state index is 0.0288. The summed E-state index contributed by atoms with van der Waals surface area (Å²) < 4.78 is 0. The Morgan fingerprint density at radius 3 is 2.06 bits per heavy atom. The van der Waals surface area contributed by atoms with Gasteiger partial charge in [-0.25, -0.2) is 0 Å². The van der Waals surface area contributed by atoms with Crippen LogP contribution in [0.15, 0.2) is 35.9 Å². The van der Waals surface area contributed by atoms with Gasteiger partial charge in [0, 0.05) is 5.57 Å². The van der Waals surface area contributed by atoms with E-state index in [1.165, 1.54) is 0 Å². The number of Topliss-reactive ketones (excluding diaryl/α,β-unsaturated/α-hetero) is 1. The quantitative estimate of drug-likeness (QED) is 0.773. The van der Waals surface area contributed by atoms with Crippen molar-refractivity contribution in [1.29, 1.82) is 0 Å². The molecule has 1 saturated heterocycles. The normalized spacial score (nSPS) is 24.7. The maximum atomic E-state index is 12.4. The van der Waals surface area contributed by atoms with Crippen LogP contribution >= 0.6 is 0 Å². The molecule has 0 spiro atoms. The van der Waals surface area contributed by atoms with Gasteiger partial charge in [0.1, 0.15) is 5.54 Å². The maximum absolute atomic E-state index is 12.4. The Hall–Kier alpha value is -1.45. The molecule has 1 aromatic carbocycles. The Kier molecular flexibility index (Phi) is 2.92. The van der Waals surface area contributed by atoms with Gasteiger partial charge in [0.05, 0.1) is 5.54 Å². The van der Waals surface area contributed by atoms with Crippen molar-refractivity contribution >= 4 is 11.9 Å². The molecular weight excluding hydrogens is 226 g/mol. The van der Waals surface area contributed by atoms with Gasteiger partial charge in [-0.2, -0.15) is 5.06 Å². The highest BCUT2D eigenvalue weighted by Gasteiger charge is 2.54. The van der Waals surface area contributed by atoms with E-state index < -0.39 is 11.1 Å². The highest BCUT2D eigenvalue weighted by Crippen LogP contribution is 2.41. The molecule has 18 heavy (non-hydrogen) atoms. The number of ketones is 1. The van der Waals surface area contributed by atoms with Crippen molar-refractivity contribution in [2.24, 2.45) is 0 Å². The summed E-state index contributed by atoms with van der Waals surface area (Å²) in [5.74, 6) is -0.0288. The molecule has 1 aliphatic heterocycles. The number of carbonyl (C=O) groups excluding carboxylic acids is 1. The average Bonchev–Trinajstić information content (AvgIpc) is 2.44. The second-order valence-electron chi connectivity index (χ2n) is 5.73. The standard InChI is InChI=1S/C15H19NO2/c1-14(2)12(10-11-8-6-5-7-9-11)13(17)15(3,4)16(14)18/h5-10,18H,1-4H3/b12-10+. The van der Waals surface area contributed by atoms with Gasteiger partial charge in [0.15, 0.2) is 5.78 Å². The summed E-state index contributed by atoms with van der Waals surface area (Å²) in [4.78, 5) is 12.4. The summed E-state index contributed by atoms with van der Waals surface area (Å²) in [5.41, 5.74) is 0.0711. The number of carbonyl (C=O) groups is 1. The van der Waals surface area contributed by atoms with Crippen LogP contribution in [0, 0.1) is 0 Å². The summed E-state index contributed by atoms with van der Waals surface area (Å²) in [6, 6.07) is 9.69. The lowest BCUT2D eigenvalue weighted by Crippen LogP contribution is -2.47. The molecule has 0 atom stereocenters. The van der Waals surface area contributed by atoms with E-state index >= 15 is 0 Å². The van der Waals surface area contributed by atoms with Crippen LogP contribution in [0.2, 0.25) is 0 Å². The van der Waals surface area contributed by atoms with E-state index in [0.29, 0.717) is 5.57 Å². The van der Waals surface area contributed by atoms with E-state index in [9.17, 15) is 10.0 Å². The van der Waals surface area contributed by atoms with Crippen molar-refractivity contribution in [2.45, 2.75) is 38.8 Å². The first kappa shape index (κ1) is 13.0. The molecule has 3 heteroatoms. The number of hydrogen-bond acceptors (Lipinski definition) is 3. The summed E-state index contributed by atoms with van der Waals surface area (Å²) >= 11 is 0. The minimum Gasteiger partial charge on any atom is -0.312 e. The maximum Gasteiger partial charge on any atom is 0.182 e. The second-order valence-corrected chi connectivity index (χ2v) is 5.73. The van der Waals surface area contributed by atoms with E-state index in [1.54, 1.807) is 13.8 Å². The SMILES string of the molecule is CC1(C)C(=O)/C(=C\c2ccccc2)C(C)(C)N1O. The number of rotatable bonds is 1. The monoisotopic (exact) mass is 245 g/mol. The largest absolute Gasteiger partial charge is 0.312 e. The molecule has 1 N–H and O–H groups in total. The molecule has 1 aromatic rings. The zero-order valence-electron chi connectivity index (χ0n) is 11.3. The Balaban J connectivity index is 2.51. The molecule has 0 bridgehead atoms. The van der Waals surface area contributed by atoms with Gasteiger partial charge in [0.25, 0.3) is 0 Å². The Morgan fingerprint density at radius 1 is 1.06 bits per heavy atom. The van der Waals surface area contributed by atoms with Gasteiger partial charge in [-0.3, -0.25) is 4.79 Å². The topological polar surface area (TPSA) is 40.5 Å². The summed E-state index contributed by atoms with van der Waals surface area (Å²) in [5, 5.41) is 11.3. The van der Waals surface area contributed by atoms with Crippen molar-refractivity contribution < 1.29 is 10.0 Å². The molecule has 96 valence electrons. The van der Waals surface area contributed by atoms with E-state index in [-0.39, 0.29) is 5.78 Å². The molecule has 0 unspecified atom stereocenters. The second kappa shape index (κ2) is 4.04. The molecule has 0 radical (unpaired) electrons. The summed E-state index contributed by atoms with van der Waals surface area (Å²) in [6.07, 6.45) is 1.86. The van der Waals surface area contributed by atoms with Crippen molar-refractivity contribution in [3.05, 3.63) is 41.5 Å². The predicted octanol–water partition coefficient (Wildman–Crippen LogP) is 2.90. The molecule has 3 nitrogen and oxygen atoms in total. The van der Waals surface area contributed by atoms with Crippen molar-refractivity contribution in [3.8, 4) is 0 Å². The minimum atomic E-state index is -0.871. The molecule has 0 aliphatic carbocycles. The third kappa shape index (κ3) is 1.80. The first-order chi connectivity index (χ1) is 8.28. The van der Waals surface area contributed by atoms with Crippen molar-refractivity contribution in [3.63, 3.8) is 0 Å². The fourth-order valence-corrected chi connectivity index (χ4v) is 2.47. The van der Waals surface area contributed by atoms with Crippen LogP contribution in [0.4, 0.5) is 0 Å². The van der Waals surface area contributed by atoms with E-state index in [0.717, 1.165) is 10.6 Å². The lowest BCUT2D eigenvalue weighted by molar-refractivity contribution is -0.188. The fourth-order valence-electron chi connectivity index (χ4n) is 2.47. The third-order valence-electron chi connectivity index (χ3n) is 3.63. The van der Waals surface area contributed by atoms with Crippen LogP contribution in [0.1, 0.15) is 33.3 Å². The van der Waals surface area contributed by atoms with Gasteiger partial charge in [-0.1, -0.05) is 30.3 Å². The highest BCUT2D eigenvalue weighted by molar-refractivity contribution is 6.09. The molecule has 0 aromatic heterocycles. The Bertz CT molecular complexity index is 500. The van der Waals surface area contributed by atoms with Crippen LogP contribution in [0.5, 0.6) is 0 Å². The van der Waals surface area contributed by atoms with Gasteiger partial charge in [-0.05, 0) is 39.3 Å². The zero-order chi connectivity index (χ0) is 13.6. The third-order valence-corrected chi connectivity index (χ3v) is 3.63. The summed E-state index contributed by atoms with van der Waals surface area (Å²) in [7, 11) is 0. The van der Waals surface area contributed by atoms with E-state index in [1.807, 2.05) is 50.3 Å². The lowest BCUT2D eigenvalue weighted by Gasteiger charge is -2.32. The predicted molar refractivity (Wildman–Crippen MR) is 71.2 cm³/mol. The number of benzene rings is 1. The summed E-state index contributed by atoms with van der Waals surface area (Å²) in [6.45, 7) is 7.19. The van der Waals surface area contributed by atoms with Crippen LogP contribution in [-0.2, 0) is 4.79 Å². The van der Waals surface area contributed by atoms with Crippen molar-refractivity contribution in [2.75, 3.05) is 0 Å². The molecule has 2 rings (SSSR count). The lowest BCUT2D eigenvalue weighted by atomic mass is 9.91. The van der Waals surface area contributed by atoms with Gasteiger partial charge >= 0.3 is 0 Å². The molecule has 0 amide bonds. The first-order valence-corrected chi connectivity index (χ1v) is 6.09. The van der Waals surface area contributed by atoms with Gasteiger partial charge in [0.2, 0.25) is 0 Å². The van der Waals surface area contributed by atoms with E-state index in [4.69, 9.17) is 0 Å². The van der Waals surface area contributed by atoms with Gasteiger partial charge < -0.3 is 5.21 Å². The highest BCUT2D eigenvalue weighted by atomic mass is 16.5. The molecule has 1 fully saturated rings. The van der Waals surface area contributed by atoms with Crippen LogP contribution in [0.25, 0.3) is 6.08 Å². The van der Waals surface area contributed by atoms with Crippen LogP contribution < -0.4 is 0 Å². The fraction of sp³-hybridized carbons (Fsp3) is 0.400. The number of hydroxylamine groups is 2. The van der Waals surface area contributed by atoms with Gasteiger partial charge in [-0.15, -0.1) is 0 Å². The molecule has 1 heterocycles. The van der Waals surface area contributed by atoms with Crippen molar-refractivity contribution in [1.82, 2.24) is 5.06 Å². The molecular formula is C15H19NO2. The smallest absolute Gasteiger partial charge is 0.182 e. The number of hydrogen-bond donors (Lipinski definition) is 1.